The Balaban J connectivity index is 1.43. The zero-order valence-corrected chi connectivity index (χ0v) is 20.0. The molecule has 3 aromatic carbocycles. The molecule has 36 heavy (non-hydrogen) atoms. The summed E-state index contributed by atoms with van der Waals surface area (Å²) in [7, 11) is 0. The number of nitrogens with zero attached hydrogens (tertiary/aromatic N) is 1. The number of carbonyl (C=O) groups is 2. The minimum Gasteiger partial charge on any atom is -0.481 e. The van der Waals surface area contributed by atoms with Crippen LogP contribution in [-0.2, 0) is 33.6 Å². The zero-order chi connectivity index (χ0) is 25.7. The molecule has 4 aromatic rings. The molecular formula is C29H26FNO5. The number of aromatic nitrogens is 1. The minimum atomic E-state index is -0.853. The highest BCUT2D eigenvalue weighted by molar-refractivity contribution is 5.77. The van der Waals surface area contributed by atoms with E-state index in [1.807, 2.05) is 48.5 Å². The maximum Gasteiger partial charge on any atom is 0.311 e. The van der Waals surface area contributed by atoms with Crippen molar-refractivity contribution in [3.8, 4) is 11.3 Å². The Hall–Kier alpha value is -4.26. The lowest BCUT2D eigenvalue weighted by Crippen LogP contribution is -2.13. The second-order valence-corrected chi connectivity index (χ2v) is 8.67. The number of carboxylic acids is 1. The van der Waals surface area contributed by atoms with Crippen LogP contribution in [0.2, 0.25) is 0 Å². The van der Waals surface area contributed by atoms with Crippen molar-refractivity contribution in [1.29, 1.82) is 0 Å². The molecule has 184 valence electrons. The van der Waals surface area contributed by atoms with Crippen LogP contribution in [0.25, 0.3) is 11.3 Å². The van der Waals surface area contributed by atoms with E-state index < -0.39 is 23.9 Å². The molecule has 0 bridgehead atoms. The number of rotatable bonds is 9. The molecule has 0 fully saturated rings. The molecular weight excluding hydrogens is 461 g/mol. The van der Waals surface area contributed by atoms with Gasteiger partial charge in [-0.15, -0.1) is 0 Å². The summed E-state index contributed by atoms with van der Waals surface area (Å²) in [4.78, 5) is 23.5. The van der Waals surface area contributed by atoms with Crippen LogP contribution in [0.1, 0.15) is 46.5 Å². The van der Waals surface area contributed by atoms with Gasteiger partial charge in [0.25, 0.3) is 0 Å². The standard InChI is InChI=1S/C29H26FNO5/c1-18-25(17-28(34)35-19(2)24-5-3-4-6-26(24)30)29(36-31-18)23-13-11-21(12-14-23)15-20-7-9-22(10-8-20)16-27(32)33/h3-14,19H,15-17H2,1-2H3,(H,32,33)/t19-/m1/s1. The van der Waals surface area contributed by atoms with E-state index in [9.17, 15) is 14.0 Å². The number of halogens is 1. The fourth-order valence-corrected chi connectivity index (χ4v) is 4.03. The third-order valence-electron chi connectivity index (χ3n) is 5.96. The van der Waals surface area contributed by atoms with Gasteiger partial charge in [-0.25, -0.2) is 4.39 Å². The van der Waals surface area contributed by atoms with Crippen molar-refractivity contribution >= 4 is 11.9 Å². The minimum absolute atomic E-state index is 0.00348. The molecule has 1 heterocycles. The second-order valence-electron chi connectivity index (χ2n) is 8.67. The van der Waals surface area contributed by atoms with Gasteiger partial charge in [-0.2, -0.15) is 0 Å². The number of aliphatic carboxylic acids is 1. The van der Waals surface area contributed by atoms with E-state index in [-0.39, 0.29) is 12.8 Å². The van der Waals surface area contributed by atoms with Crippen LogP contribution >= 0.6 is 0 Å². The normalized spacial score (nSPS) is 11.8. The van der Waals surface area contributed by atoms with Crippen molar-refractivity contribution < 1.29 is 28.3 Å². The molecule has 0 saturated carbocycles. The third kappa shape index (κ3) is 6.05. The van der Waals surface area contributed by atoms with Gasteiger partial charge in [-0.05, 0) is 43.0 Å². The van der Waals surface area contributed by atoms with E-state index in [1.54, 1.807) is 32.0 Å². The molecule has 1 N–H and O–H groups in total. The zero-order valence-electron chi connectivity index (χ0n) is 20.0. The lowest BCUT2D eigenvalue weighted by atomic mass is 9.99. The first-order valence-electron chi connectivity index (χ1n) is 11.6. The van der Waals surface area contributed by atoms with Gasteiger partial charge >= 0.3 is 11.9 Å². The summed E-state index contributed by atoms with van der Waals surface area (Å²) in [5.41, 5.74) is 5.21. The number of carboxylic acid groups (broad SMARTS) is 1. The molecule has 0 aliphatic carbocycles. The van der Waals surface area contributed by atoms with Gasteiger partial charge in [0.2, 0.25) is 0 Å². The Labute approximate surface area is 208 Å². The van der Waals surface area contributed by atoms with Gasteiger partial charge in [0.05, 0.1) is 18.5 Å². The summed E-state index contributed by atoms with van der Waals surface area (Å²) in [5.74, 6) is -1.28. The molecule has 7 heteroatoms. The predicted octanol–water partition coefficient (Wildman–Crippen LogP) is 5.85. The number of aryl methyl sites for hydroxylation is 1. The number of carbonyl (C=O) groups excluding carboxylic acids is 1. The lowest BCUT2D eigenvalue weighted by Gasteiger charge is -2.14. The van der Waals surface area contributed by atoms with Gasteiger partial charge in [0.1, 0.15) is 11.9 Å². The van der Waals surface area contributed by atoms with Crippen LogP contribution < -0.4 is 0 Å². The van der Waals surface area contributed by atoms with E-state index in [1.165, 1.54) is 6.07 Å². The molecule has 0 saturated heterocycles. The predicted molar refractivity (Wildman–Crippen MR) is 132 cm³/mol. The maximum absolute atomic E-state index is 14.0. The highest BCUT2D eigenvalue weighted by atomic mass is 19.1. The fourth-order valence-electron chi connectivity index (χ4n) is 4.03. The number of ether oxygens (including phenoxy) is 1. The topological polar surface area (TPSA) is 89.6 Å². The van der Waals surface area contributed by atoms with Crippen molar-refractivity contribution in [3.63, 3.8) is 0 Å². The van der Waals surface area contributed by atoms with Crippen LogP contribution in [-0.4, -0.2) is 22.2 Å². The van der Waals surface area contributed by atoms with Crippen molar-refractivity contribution in [1.82, 2.24) is 5.16 Å². The molecule has 0 amide bonds. The molecule has 1 aromatic heterocycles. The van der Waals surface area contributed by atoms with E-state index in [4.69, 9.17) is 14.4 Å². The number of hydrogen-bond acceptors (Lipinski definition) is 5. The largest absolute Gasteiger partial charge is 0.481 e. The van der Waals surface area contributed by atoms with Gasteiger partial charge in [-0.3, -0.25) is 9.59 Å². The average Bonchev–Trinajstić information content (AvgIpc) is 3.20. The monoisotopic (exact) mass is 487 g/mol. The van der Waals surface area contributed by atoms with Gasteiger partial charge in [0.15, 0.2) is 5.76 Å². The van der Waals surface area contributed by atoms with Crippen LogP contribution in [0.5, 0.6) is 0 Å². The van der Waals surface area contributed by atoms with E-state index in [2.05, 4.69) is 5.16 Å². The summed E-state index contributed by atoms with van der Waals surface area (Å²) >= 11 is 0. The Morgan fingerprint density at radius 1 is 0.944 bits per heavy atom. The summed E-state index contributed by atoms with van der Waals surface area (Å²) in [6.45, 7) is 3.40. The molecule has 4 rings (SSSR count). The third-order valence-corrected chi connectivity index (χ3v) is 5.96. The number of esters is 1. The van der Waals surface area contributed by atoms with Gasteiger partial charge in [0, 0.05) is 16.7 Å². The maximum atomic E-state index is 14.0. The Morgan fingerprint density at radius 3 is 2.19 bits per heavy atom. The molecule has 1 atom stereocenters. The van der Waals surface area contributed by atoms with Crippen molar-refractivity contribution in [2.45, 2.75) is 39.2 Å². The highest BCUT2D eigenvalue weighted by Crippen LogP contribution is 2.29. The molecule has 0 aliphatic rings. The Bertz CT molecular complexity index is 1360. The smallest absolute Gasteiger partial charge is 0.311 e. The molecule has 6 nitrogen and oxygen atoms in total. The quantitative estimate of drug-likeness (QED) is 0.298. The Morgan fingerprint density at radius 2 is 1.56 bits per heavy atom. The summed E-state index contributed by atoms with van der Waals surface area (Å²) in [6.07, 6.45) is -0.0760. The fraction of sp³-hybridized carbons (Fsp3) is 0.207. The first-order valence-corrected chi connectivity index (χ1v) is 11.6. The van der Waals surface area contributed by atoms with E-state index in [0.29, 0.717) is 29.0 Å². The van der Waals surface area contributed by atoms with E-state index in [0.717, 1.165) is 22.3 Å². The number of benzene rings is 3. The molecule has 0 radical (unpaired) electrons. The van der Waals surface area contributed by atoms with Crippen LogP contribution in [0.15, 0.2) is 77.3 Å². The van der Waals surface area contributed by atoms with Crippen molar-refractivity contribution in [3.05, 3.63) is 112 Å². The Kier molecular flexibility index (Phi) is 7.59. The van der Waals surface area contributed by atoms with Crippen LogP contribution in [0, 0.1) is 12.7 Å². The average molecular weight is 488 g/mol. The van der Waals surface area contributed by atoms with Gasteiger partial charge < -0.3 is 14.4 Å². The van der Waals surface area contributed by atoms with Crippen molar-refractivity contribution in [2.24, 2.45) is 0 Å². The summed E-state index contributed by atoms with van der Waals surface area (Å²) in [5, 5.41) is 12.9. The molecule has 0 spiro atoms. The SMILES string of the molecule is Cc1noc(-c2ccc(Cc3ccc(CC(=O)O)cc3)cc2)c1CC(=O)O[C@H](C)c1ccccc1F. The van der Waals surface area contributed by atoms with E-state index >= 15 is 0 Å². The number of hydrogen-bond donors (Lipinski definition) is 1. The summed E-state index contributed by atoms with van der Waals surface area (Å²) < 4.78 is 25.0. The summed E-state index contributed by atoms with van der Waals surface area (Å²) in [6, 6.07) is 21.5. The highest BCUT2D eigenvalue weighted by Gasteiger charge is 2.21. The van der Waals surface area contributed by atoms with Crippen LogP contribution in [0.3, 0.4) is 0 Å². The first kappa shape index (κ1) is 24.9. The molecule has 0 unspecified atom stereocenters. The van der Waals surface area contributed by atoms with Crippen LogP contribution in [0.4, 0.5) is 4.39 Å². The van der Waals surface area contributed by atoms with Gasteiger partial charge in [-0.1, -0.05) is 71.9 Å². The van der Waals surface area contributed by atoms with Crippen molar-refractivity contribution in [2.75, 3.05) is 0 Å². The molecule has 0 aliphatic heterocycles. The first-order chi connectivity index (χ1) is 17.3. The lowest BCUT2D eigenvalue weighted by molar-refractivity contribution is -0.147. The second kappa shape index (κ2) is 11.0.